The number of halogens is 1. The Kier molecular flexibility index (Phi) is 5.06. The van der Waals surface area contributed by atoms with E-state index in [4.69, 9.17) is 0 Å². The van der Waals surface area contributed by atoms with Crippen LogP contribution in [0.4, 0.5) is 0 Å². The van der Waals surface area contributed by atoms with E-state index >= 15 is 0 Å². The van der Waals surface area contributed by atoms with Crippen molar-refractivity contribution in [2.75, 3.05) is 11.9 Å². The number of carbonyl (C=O) groups excluding carboxylic acids is 1. The molecule has 106 valence electrons. The lowest BCUT2D eigenvalue weighted by Crippen LogP contribution is -2.37. The highest BCUT2D eigenvalue weighted by Crippen LogP contribution is 2.15. The molecule has 4 nitrogen and oxygen atoms in total. The van der Waals surface area contributed by atoms with Crippen LogP contribution in [-0.2, 0) is 0 Å². The fraction of sp³-hybridized carbons (Fsp3) is 0.400. The van der Waals surface area contributed by atoms with Crippen molar-refractivity contribution in [3.05, 3.63) is 36.2 Å². The van der Waals surface area contributed by atoms with Crippen molar-refractivity contribution in [1.82, 2.24) is 14.9 Å². The van der Waals surface area contributed by atoms with Gasteiger partial charge < -0.3 is 4.90 Å². The van der Waals surface area contributed by atoms with E-state index in [1.165, 1.54) is 0 Å². The Balaban J connectivity index is 2.28. The SMILES string of the molecule is CC(C)N(CCCBr)C(=O)c1ccc2nccnc2c1. The normalized spacial score (nSPS) is 11.0. The first-order valence-corrected chi connectivity index (χ1v) is 7.83. The molecular formula is C15H18BrN3O. The molecule has 0 unspecified atom stereocenters. The Morgan fingerprint density at radius 3 is 2.60 bits per heavy atom. The van der Waals surface area contributed by atoms with Crippen molar-refractivity contribution in [2.45, 2.75) is 26.3 Å². The van der Waals surface area contributed by atoms with Gasteiger partial charge in [-0.15, -0.1) is 0 Å². The van der Waals surface area contributed by atoms with Crippen LogP contribution in [0.15, 0.2) is 30.6 Å². The second-order valence-corrected chi connectivity index (χ2v) is 5.69. The van der Waals surface area contributed by atoms with E-state index in [-0.39, 0.29) is 11.9 Å². The zero-order valence-corrected chi connectivity index (χ0v) is 13.3. The van der Waals surface area contributed by atoms with Crippen molar-refractivity contribution in [2.24, 2.45) is 0 Å². The van der Waals surface area contributed by atoms with Gasteiger partial charge in [-0.25, -0.2) is 0 Å². The molecule has 1 heterocycles. The van der Waals surface area contributed by atoms with Crippen LogP contribution in [0.1, 0.15) is 30.6 Å². The Morgan fingerprint density at radius 2 is 1.95 bits per heavy atom. The average molecular weight is 336 g/mol. The van der Waals surface area contributed by atoms with Gasteiger partial charge in [-0.05, 0) is 38.5 Å². The fourth-order valence-electron chi connectivity index (χ4n) is 2.09. The Hall–Kier alpha value is -1.49. The number of alkyl halides is 1. The lowest BCUT2D eigenvalue weighted by atomic mass is 10.1. The fourth-order valence-corrected chi connectivity index (χ4v) is 2.34. The molecule has 1 amide bonds. The van der Waals surface area contributed by atoms with Crippen molar-refractivity contribution < 1.29 is 4.79 Å². The van der Waals surface area contributed by atoms with Crippen LogP contribution in [0.5, 0.6) is 0 Å². The molecule has 0 aliphatic carbocycles. The van der Waals surface area contributed by atoms with Gasteiger partial charge in [0.2, 0.25) is 0 Å². The molecule has 0 spiro atoms. The summed E-state index contributed by atoms with van der Waals surface area (Å²) in [6, 6.07) is 5.66. The molecule has 0 saturated heterocycles. The molecule has 2 aromatic rings. The third-order valence-corrected chi connectivity index (χ3v) is 3.69. The second kappa shape index (κ2) is 6.79. The first-order valence-electron chi connectivity index (χ1n) is 6.71. The average Bonchev–Trinajstić information content (AvgIpc) is 2.46. The van der Waals surface area contributed by atoms with E-state index < -0.39 is 0 Å². The predicted octanol–water partition coefficient (Wildman–Crippen LogP) is 3.27. The van der Waals surface area contributed by atoms with Crippen LogP contribution in [0.2, 0.25) is 0 Å². The minimum atomic E-state index is 0.0495. The topological polar surface area (TPSA) is 46.1 Å². The summed E-state index contributed by atoms with van der Waals surface area (Å²) in [4.78, 5) is 23.0. The van der Waals surface area contributed by atoms with Gasteiger partial charge in [0.25, 0.3) is 5.91 Å². The van der Waals surface area contributed by atoms with Crippen LogP contribution < -0.4 is 0 Å². The number of aromatic nitrogens is 2. The number of fused-ring (bicyclic) bond motifs is 1. The van der Waals surface area contributed by atoms with Gasteiger partial charge in [0, 0.05) is 35.9 Å². The first-order chi connectivity index (χ1) is 9.63. The van der Waals surface area contributed by atoms with Gasteiger partial charge >= 0.3 is 0 Å². The molecule has 2 rings (SSSR count). The standard InChI is InChI=1S/C15H18BrN3O/c1-11(2)19(9-3-6-16)15(20)12-4-5-13-14(10-12)18-8-7-17-13/h4-5,7-8,10-11H,3,6,9H2,1-2H3. The molecule has 0 radical (unpaired) electrons. The Morgan fingerprint density at radius 1 is 1.25 bits per heavy atom. The van der Waals surface area contributed by atoms with E-state index in [0.717, 1.165) is 29.3 Å². The molecule has 0 atom stereocenters. The molecule has 0 fully saturated rings. The van der Waals surface area contributed by atoms with Crippen molar-refractivity contribution in [3.63, 3.8) is 0 Å². The van der Waals surface area contributed by atoms with Gasteiger partial charge in [-0.1, -0.05) is 15.9 Å². The molecule has 0 bridgehead atoms. The number of benzene rings is 1. The summed E-state index contributed by atoms with van der Waals surface area (Å²) in [6.45, 7) is 4.82. The van der Waals surface area contributed by atoms with Gasteiger partial charge in [-0.2, -0.15) is 0 Å². The molecular weight excluding hydrogens is 318 g/mol. The Labute approximate surface area is 127 Å². The predicted molar refractivity (Wildman–Crippen MR) is 84.1 cm³/mol. The summed E-state index contributed by atoms with van der Waals surface area (Å²) < 4.78 is 0. The summed E-state index contributed by atoms with van der Waals surface area (Å²) in [6.07, 6.45) is 4.24. The largest absolute Gasteiger partial charge is 0.336 e. The molecule has 20 heavy (non-hydrogen) atoms. The third-order valence-electron chi connectivity index (χ3n) is 3.13. The summed E-state index contributed by atoms with van der Waals surface area (Å²) in [7, 11) is 0. The number of hydrogen-bond acceptors (Lipinski definition) is 3. The molecule has 0 saturated carbocycles. The van der Waals surface area contributed by atoms with Gasteiger partial charge in [0.15, 0.2) is 0 Å². The quantitative estimate of drug-likeness (QED) is 0.788. The monoisotopic (exact) mass is 335 g/mol. The molecule has 0 aliphatic heterocycles. The highest BCUT2D eigenvalue weighted by Gasteiger charge is 2.18. The van der Waals surface area contributed by atoms with Gasteiger partial charge in [-0.3, -0.25) is 14.8 Å². The summed E-state index contributed by atoms with van der Waals surface area (Å²) in [5, 5.41) is 0.896. The van der Waals surface area contributed by atoms with Crippen LogP contribution in [0, 0.1) is 0 Å². The number of hydrogen-bond donors (Lipinski definition) is 0. The van der Waals surface area contributed by atoms with E-state index in [9.17, 15) is 4.79 Å². The number of carbonyl (C=O) groups is 1. The first kappa shape index (κ1) is 14.9. The summed E-state index contributed by atoms with van der Waals surface area (Å²) >= 11 is 3.41. The zero-order valence-electron chi connectivity index (χ0n) is 11.7. The van der Waals surface area contributed by atoms with Crippen LogP contribution in [-0.4, -0.2) is 38.7 Å². The number of amides is 1. The molecule has 0 N–H and O–H groups in total. The number of rotatable bonds is 5. The van der Waals surface area contributed by atoms with Crippen LogP contribution >= 0.6 is 15.9 Å². The van der Waals surface area contributed by atoms with E-state index in [1.807, 2.05) is 36.9 Å². The minimum Gasteiger partial charge on any atom is -0.336 e. The summed E-state index contributed by atoms with van der Waals surface area (Å²) in [5.74, 6) is 0.0495. The van der Waals surface area contributed by atoms with Crippen molar-refractivity contribution in [1.29, 1.82) is 0 Å². The lowest BCUT2D eigenvalue weighted by Gasteiger charge is -2.26. The maximum absolute atomic E-state index is 12.6. The molecule has 0 aliphatic rings. The molecule has 1 aromatic carbocycles. The van der Waals surface area contributed by atoms with Crippen LogP contribution in [0.25, 0.3) is 11.0 Å². The van der Waals surface area contributed by atoms with E-state index in [1.54, 1.807) is 12.4 Å². The van der Waals surface area contributed by atoms with E-state index in [2.05, 4.69) is 25.9 Å². The zero-order chi connectivity index (χ0) is 14.5. The van der Waals surface area contributed by atoms with Crippen molar-refractivity contribution in [3.8, 4) is 0 Å². The van der Waals surface area contributed by atoms with Gasteiger partial charge in [0.1, 0.15) is 0 Å². The maximum atomic E-state index is 12.6. The van der Waals surface area contributed by atoms with Crippen LogP contribution in [0.3, 0.4) is 0 Å². The molecule has 1 aromatic heterocycles. The molecule has 5 heteroatoms. The lowest BCUT2D eigenvalue weighted by molar-refractivity contribution is 0.0707. The smallest absolute Gasteiger partial charge is 0.254 e. The third kappa shape index (κ3) is 3.33. The number of nitrogens with zero attached hydrogens (tertiary/aromatic N) is 3. The highest BCUT2D eigenvalue weighted by atomic mass is 79.9. The minimum absolute atomic E-state index is 0.0495. The summed E-state index contributed by atoms with van der Waals surface area (Å²) in [5.41, 5.74) is 2.23. The van der Waals surface area contributed by atoms with Gasteiger partial charge in [0.05, 0.1) is 11.0 Å². The van der Waals surface area contributed by atoms with Crippen molar-refractivity contribution >= 4 is 32.9 Å². The Bertz CT molecular complexity index is 600. The van der Waals surface area contributed by atoms with E-state index in [0.29, 0.717) is 5.56 Å². The highest BCUT2D eigenvalue weighted by molar-refractivity contribution is 9.09. The maximum Gasteiger partial charge on any atom is 0.254 e. The second-order valence-electron chi connectivity index (χ2n) is 4.89.